The summed E-state index contributed by atoms with van der Waals surface area (Å²) in [6, 6.07) is 7.99. The highest BCUT2D eigenvalue weighted by Gasteiger charge is 2.30. The number of nitrogens with one attached hydrogen (secondary N) is 1. The SMILES string of the molecule is CC(C)(C)N(NC(=O)c1ccc(Cl)cc1)C(=O)c1ccoc1. The number of rotatable bonds is 2. The van der Waals surface area contributed by atoms with E-state index >= 15 is 0 Å². The number of amides is 2. The van der Waals surface area contributed by atoms with E-state index in [0.29, 0.717) is 16.1 Å². The molecule has 0 spiro atoms. The molecular weight excluding hydrogens is 304 g/mol. The lowest BCUT2D eigenvalue weighted by Gasteiger charge is -2.35. The summed E-state index contributed by atoms with van der Waals surface area (Å²) in [6.45, 7) is 5.48. The van der Waals surface area contributed by atoms with Crippen molar-refractivity contribution in [1.82, 2.24) is 10.4 Å². The Kier molecular flexibility index (Phi) is 4.56. The fourth-order valence-electron chi connectivity index (χ4n) is 1.81. The molecule has 0 unspecified atom stereocenters. The van der Waals surface area contributed by atoms with Crippen molar-refractivity contribution in [2.75, 3.05) is 0 Å². The second kappa shape index (κ2) is 6.23. The quantitative estimate of drug-likeness (QED) is 0.861. The van der Waals surface area contributed by atoms with Crippen molar-refractivity contribution in [3.05, 3.63) is 59.0 Å². The fourth-order valence-corrected chi connectivity index (χ4v) is 1.93. The van der Waals surface area contributed by atoms with E-state index in [1.165, 1.54) is 17.5 Å². The normalized spacial score (nSPS) is 11.1. The smallest absolute Gasteiger partial charge is 0.276 e. The van der Waals surface area contributed by atoms with Crippen LogP contribution in [-0.2, 0) is 0 Å². The molecule has 2 rings (SSSR count). The molecule has 0 aliphatic carbocycles. The third-order valence-electron chi connectivity index (χ3n) is 2.96. The van der Waals surface area contributed by atoms with Crippen LogP contribution in [0.4, 0.5) is 0 Å². The van der Waals surface area contributed by atoms with E-state index in [-0.39, 0.29) is 11.8 Å². The topological polar surface area (TPSA) is 62.6 Å². The first-order chi connectivity index (χ1) is 10.3. The average molecular weight is 321 g/mol. The Hall–Kier alpha value is -2.27. The first-order valence-electron chi connectivity index (χ1n) is 6.72. The van der Waals surface area contributed by atoms with Crippen molar-refractivity contribution in [1.29, 1.82) is 0 Å². The number of nitrogens with zero attached hydrogens (tertiary/aromatic N) is 1. The molecule has 2 amide bonds. The molecule has 1 N–H and O–H groups in total. The van der Waals surface area contributed by atoms with Gasteiger partial charge in [0.05, 0.1) is 17.4 Å². The monoisotopic (exact) mass is 320 g/mol. The van der Waals surface area contributed by atoms with E-state index in [2.05, 4.69) is 5.43 Å². The minimum Gasteiger partial charge on any atom is -0.472 e. The summed E-state index contributed by atoms with van der Waals surface area (Å²) in [5, 5.41) is 1.83. The lowest BCUT2D eigenvalue weighted by atomic mass is 10.1. The Morgan fingerprint density at radius 3 is 2.23 bits per heavy atom. The van der Waals surface area contributed by atoms with Gasteiger partial charge in [-0.3, -0.25) is 15.0 Å². The van der Waals surface area contributed by atoms with Gasteiger partial charge < -0.3 is 4.42 Å². The Balaban J connectivity index is 2.22. The van der Waals surface area contributed by atoms with Gasteiger partial charge in [0.1, 0.15) is 6.26 Å². The molecule has 0 atom stereocenters. The Labute approximate surface area is 133 Å². The van der Waals surface area contributed by atoms with Gasteiger partial charge in [-0.25, -0.2) is 5.01 Å². The second-order valence-corrected chi connectivity index (χ2v) is 6.21. The lowest BCUT2D eigenvalue weighted by molar-refractivity contribution is 0.0358. The molecule has 1 aromatic carbocycles. The van der Waals surface area contributed by atoms with E-state index in [1.807, 2.05) is 20.8 Å². The number of benzene rings is 1. The summed E-state index contributed by atoms with van der Waals surface area (Å²) in [4.78, 5) is 24.8. The first-order valence-corrected chi connectivity index (χ1v) is 7.10. The minimum atomic E-state index is -0.601. The summed E-state index contributed by atoms with van der Waals surface area (Å²) in [6.07, 6.45) is 2.75. The van der Waals surface area contributed by atoms with Gasteiger partial charge >= 0.3 is 0 Å². The highest BCUT2D eigenvalue weighted by atomic mass is 35.5. The Morgan fingerprint density at radius 2 is 1.73 bits per heavy atom. The molecule has 1 aromatic heterocycles. The van der Waals surface area contributed by atoms with Crippen LogP contribution in [0.5, 0.6) is 0 Å². The largest absolute Gasteiger partial charge is 0.472 e. The molecule has 0 aliphatic heterocycles. The third-order valence-corrected chi connectivity index (χ3v) is 3.21. The Morgan fingerprint density at radius 1 is 1.09 bits per heavy atom. The summed E-state index contributed by atoms with van der Waals surface area (Å²) in [7, 11) is 0. The maximum atomic E-state index is 12.5. The molecule has 0 saturated heterocycles. The van der Waals surface area contributed by atoms with Crippen molar-refractivity contribution in [2.45, 2.75) is 26.3 Å². The van der Waals surface area contributed by atoms with Gasteiger partial charge in [-0.1, -0.05) is 11.6 Å². The average Bonchev–Trinajstić information content (AvgIpc) is 2.97. The third kappa shape index (κ3) is 3.68. The molecule has 22 heavy (non-hydrogen) atoms. The lowest BCUT2D eigenvalue weighted by Crippen LogP contribution is -2.55. The zero-order valence-corrected chi connectivity index (χ0v) is 13.3. The molecule has 116 valence electrons. The highest BCUT2D eigenvalue weighted by molar-refractivity contribution is 6.30. The number of halogens is 1. The summed E-state index contributed by atoms with van der Waals surface area (Å²) in [5.41, 5.74) is 2.82. The van der Waals surface area contributed by atoms with Crippen LogP contribution in [0, 0.1) is 0 Å². The molecule has 0 saturated carbocycles. The summed E-state index contributed by atoms with van der Waals surface area (Å²) >= 11 is 5.81. The Bertz CT molecular complexity index is 658. The molecule has 5 nitrogen and oxygen atoms in total. The molecule has 0 aliphatic rings. The molecule has 1 heterocycles. The summed E-state index contributed by atoms with van der Waals surface area (Å²) in [5.74, 6) is -0.730. The van der Waals surface area contributed by atoms with Crippen LogP contribution < -0.4 is 5.43 Å². The molecule has 6 heteroatoms. The number of hydrogen-bond acceptors (Lipinski definition) is 3. The van der Waals surface area contributed by atoms with Crippen LogP contribution in [0.3, 0.4) is 0 Å². The zero-order valence-electron chi connectivity index (χ0n) is 12.6. The van der Waals surface area contributed by atoms with E-state index in [0.717, 1.165) is 0 Å². The van der Waals surface area contributed by atoms with Gasteiger partial charge in [-0.05, 0) is 51.1 Å². The zero-order chi connectivity index (χ0) is 16.3. The summed E-state index contributed by atoms with van der Waals surface area (Å²) < 4.78 is 4.93. The molecule has 2 aromatic rings. The van der Waals surface area contributed by atoms with Crippen LogP contribution in [-0.4, -0.2) is 22.4 Å². The molecular formula is C16H17ClN2O3. The van der Waals surface area contributed by atoms with Crippen molar-refractivity contribution < 1.29 is 14.0 Å². The van der Waals surface area contributed by atoms with Gasteiger partial charge in [0.25, 0.3) is 11.8 Å². The van der Waals surface area contributed by atoms with Crippen LogP contribution in [0.15, 0.2) is 47.3 Å². The van der Waals surface area contributed by atoms with Gasteiger partial charge in [0.15, 0.2) is 0 Å². The van der Waals surface area contributed by atoms with Crippen molar-refractivity contribution in [3.8, 4) is 0 Å². The van der Waals surface area contributed by atoms with Crippen LogP contribution in [0.2, 0.25) is 5.02 Å². The minimum absolute atomic E-state index is 0.344. The predicted molar refractivity (Wildman–Crippen MR) is 83.5 cm³/mol. The number of furan rings is 1. The maximum Gasteiger partial charge on any atom is 0.276 e. The van der Waals surface area contributed by atoms with Crippen molar-refractivity contribution in [3.63, 3.8) is 0 Å². The fraction of sp³-hybridized carbons (Fsp3) is 0.250. The van der Waals surface area contributed by atoms with E-state index in [1.54, 1.807) is 30.3 Å². The van der Waals surface area contributed by atoms with Gasteiger partial charge in [0, 0.05) is 10.6 Å². The van der Waals surface area contributed by atoms with Crippen LogP contribution in [0.25, 0.3) is 0 Å². The standard InChI is InChI=1S/C16H17ClN2O3/c1-16(2,3)19(15(21)12-8-9-22-10-12)18-14(20)11-4-6-13(17)7-5-11/h4-10H,1-3H3,(H,18,20). The van der Waals surface area contributed by atoms with E-state index < -0.39 is 5.54 Å². The van der Waals surface area contributed by atoms with Crippen molar-refractivity contribution in [2.24, 2.45) is 0 Å². The number of carbonyl (C=O) groups excluding carboxylic acids is 2. The first kappa shape index (κ1) is 16.1. The van der Waals surface area contributed by atoms with Crippen LogP contribution >= 0.6 is 11.6 Å². The van der Waals surface area contributed by atoms with Crippen LogP contribution in [0.1, 0.15) is 41.5 Å². The maximum absolute atomic E-state index is 12.5. The van der Waals surface area contributed by atoms with E-state index in [9.17, 15) is 9.59 Å². The number of hydrogen-bond donors (Lipinski definition) is 1. The molecule has 0 bridgehead atoms. The second-order valence-electron chi connectivity index (χ2n) is 5.77. The van der Waals surface area contributed by atoms with Gasteiger partial charge in [0.2, 0.25) is 0 Å². The number of hydrazine groups is 1. The molecule has 0 radical (unpaired) electrons. The van der Waals surface area contributed by atoms with Gasteiger partial charge in [-0.2, -0.15) is 0 Å². The number of carbonyl (C=O) groups is 2. The van der Waals surface area contributed by atoms with Crippen molar-refractivity contribution >= 4 is 23.4 Å². The highest BCUT2D eigenvalue weighted by Crippen LogP contribution is 2.16. The predicted octanol–water partition coefficient (Wildman–Crippen LogP) is 3.52. The van der Waals surface area contributed by atoms with E-state index in [4.69, 9.17) is 16.0 Å². The molecule has 0 fully saturated rings. The van der Waals surface area contributed by atoms with Gasteiger partial charge in [-0.15, -0.1) is 0 Å².